The number of aliphatic hydroxyl groups is 7. The van der Waals surface area contributed by atoms with Gasteiger partial charge in [0.2, 0.25) is 0 Å². The van der Waals surface area contributed by atoms with Crippen LogP contribution in [0.25, 0.3) is 0 Å². The maximum atomic E-state index is 12.5. The second-order valence-corrected chi connectivity index (χ2v) is 12.2. The van der Waals surface area contributed by atoms with E-state index in [2.05, 4.69) is 13.8 Å². The number of unbranched alkanes of at least 4 members (excludes halogenated alkanes) is 11. The highest BCUT2D eigenvalue weighted by Gasteiger charge is 2.51. The summed E-state index contributed by atoms with van der Waals surface area (Å²) in [7, 11) is 0. The van der Waals surface area contributed by atoms with Crippen molar-refractivity contribution in [3.8, 4) is 0 Å². The van der Waals surface area contributed by atoms with Crippen LogP contribution in [0.4, 0.5) is 0 Å². The van der Waals surface area contributed by atoms with Gasteiger partial charge in [0.25, 0.3) is 0 Å². The second kappa shape index (κ2) is 20.2. The first-order chi connectivity index (χ1) is 20.1. The molecule has 0 aromatic rings. The van der Waals surface area contributed by atoms with Crippen molar-refractivity contribution in [3.05, 3.63) is 0 Å². The van der Waals surface area contributed by atoms with Crippen LogP contribution in [0.15, 0.2) is 0 Å². The molecule has 0 radical (unpaired) electrons. The fraction of sp³-hybridized carbons (Fsp3) is 0.967. The maximum absolute atomic E-state index is 12.5. The molecular formula is C30H56O12. The smallest absolute Gasteiger partial charge is 0.306 e. The Morgan fingerprint density at radius 3 is 1.57 bits per heavy atom. The van der Waals surface area contributed by atoms with Crippen molar-refractivity contribution in [2.24, 2.45) is 5.92 Å². The zero-order chi connectivity index (χ0) is 31.1. The minimum atomic E-state index is -1.76. The highest BCUT2D eigenvalue weighted by molar-refractivity contribution is 5.69. The lowest BCUT2D eigenvalue weighted by molar-refractivity contribution is -0.376. The molecule has 0 amide bonds. The Hall–Kier alpha value is -0.930. The number of rotatable bonds is 20. The van der Waals surface area contributed by atoms with Crippen LogP contribution in [0.2, 0.25) is 0 Å². The molecule has 10 atom stereocenters. The van der Waals surface area contributed by atoms with Crippen LogP contribution in [0, 0.1) is 5.92 Å². The first kappa shape index (κ1) is 37.3. The summed E-state index contributed by atoms with van der Waals surface area (Å²) in [4.78, 5) is 12.5. The van der Waals surface area contributed by atoms with Gasteiger partial charge in [-0.3, -0.25) is 4.79 Å². The third-order valence-electron chi connectivity index (χ3n) is 8.12. The predicted octanol–water partition coefficient (Wildman–Crippen LogP) is 1.27. The van der Waals surface area contributed by atoms with E-state index >= 15 is 0 Å². The molecule has 2 fully saturated rings. The van der Waals surface area contributed by atoms with Gasteiger partial charge in [0.1, 0.15) is 42.7 Å². The van der Waals surface area contributed by atoms with Gasteiger partial charge in [0, 0.05) is 6.42 Å². The first-order valence-corrected chi connectivity index (χ1v) is 15.9. The Morgan fingerprint density at radius 1 is 0.619 bits per heavy atom. The third-order valence-corrected chi connectivity index (χ3v) is 8.12. The van der Waals surface area contributed by atoms with Crippen LogP contribution in [0.3, 0.4) is 0 Å². The van der Waals surface area contributed by atoms with Crippen molar-refractivity contribution in [3.63, 3.8) is 0 Å². The number of carbonyl (C=O) groups is 1. The van der Waals surface area contributed by atoms with Gasteiger partial charge in [-0.2, -0.15) is 0 Å². The predicted molar refractivity (Wildman–Crippen MR) is 152 cm³/mol. The Bertz CT molecular complexity index is 722. The molecule has 0 aliphatic carbocycles. The lowest BCUT2D eigenvalue weighted by atomic mass is 9.98. The summed E-state index contributed by atoms with van der Waals surface area (Å²) in [6.45, 7) is 3.17. The van der Waals surface area contributed by atoms with E-state index in [-0.39, 0.29) is 6.42 Å². The average Bonchev–Trinajstić information content (AvgIpc) is 2.96. The van der Waals surface area contributed by atoms with Crippen LogP contribution in [0.1, 0.15) is 104 Å². The molecule has 248 valence electrons. The molecule has 2 rings (SSSR count). The van der Waals surface area contributed by atoms with E-state index < -0.39 is 80.6 Å². The monoisotopic (exact) mass is 608 g/mol. The summed E-state index contributed by atoms with van der Waals surface area (Å²) in [5.74, 6) is 0.170. The van der Waals surface area contributed by atoms with Crippen molar-refractivity contribution in [2.45, 2.75) is 165 Å². The molecule has 0 spiro atoms. The first-order valence-electron chi connectivity index (χ1n) is 15.9. The quantitative estimate of drug-likeness (QED) is 0.0774. The standard InChI is InChI=1S/C30H56O12/c1-19(2)15-13-11-9-7-5-3-4-6-8-10-12-14-16-22(33)41-28-24(35)21(18-32)40-30(27(28)38)42-29-26(37)25(36)23(34)20(17-31)39-29/h19-21,23-32,34-38H,3-18H2,1-2H3/t20-,21-,23-,24-,25+,26-,27-,28+,29-,30-/m1/s1. The van der Waals surface area contributed by atoms with Crippen LogP contribution < -0.4 is 0 Å². The lowest BCUT2D eigenvalue weighted by Crippen LogP contribution is -2.64. The molecule has 0 unspecified atom stereocenters. The highest BCUT2D eigenvalue weighted by atomic mass is 16.8. The molecule has 7 N–H and O–H groups in total. The Labute approximate surface area is 249 Å². The van der Waals surface area contributed by atoms with Gasteiger partial charge in [0.05, 0.1) is 13.2 Å². The van der Waals surface area contributed by atoms with E-state index in [9.17, 15) is 40.5 Å². The molecule has 12 nitrogen and oxygen atoms in total. The van der Waals surface area contributed by atoms with E-state index in [4.69, 9.17) is 18.9 Å². The van der Waals surface area contributed by atoms with Crippen molar-refractivity contribution < 1.29 is 59.5 Å². The second-order valence-electron chi connectivity index (χ2n) is 12.2. The lowest BCUT2D eigenvalue weighted by Gasteiger charge is -2.45. The largest absolute Gasteiger partial charge is 0.456 e. The van der Waals surface area contributed by atoms with E-state index in [0.717, 1.165) is 25.2 Å². The maximum Gasteiger partial charge on any atom is 0.306 e. The molecule has 2 aliphatic rings. The van der Waals surface area contributed by atoms with Gasteiger partial charge in [0.15, 0.2) is 18.7 Å². The third kappa shape index (κ3) is 12.2. The van der Waals surface area contributed by atoms with E-state index in [1.165, 1.54) is 57.8 Å². The SMILES string of the molecule is CC(C)CCCCCCCCCCCCCCC(=O)O[C@@H]1[C@@H](O)[C@@H](O[C@H]2O[C@H](CO)[C@@H](O)[C@H](O)[C@H]2O)O[C@H](CO)[C@H]1O. The molecule has 42 heavy (non-hydrogen) atoms. The van der Waals surface area contributed by atoms with Gasteiger partial charge in [-0.05, 0) is 12.3 Å². The van der Waals surface area contributed by atoms with E-state index in [1.54, 1.807) is 0 Å². The van der Waals surface area contributed by atoms with Crippen LogP contribution in [0.5, 0.6) is 0 Å². The fourth-order valence-corrected chi connectivity index (χ4v) is 5.42. The summed E-state index contributed by atoms with van der Waals surface area (Å²) < 4.78 is 21.5. The summed E-state index contributed by atoms with van der Waals surface area (Å²) in [6, 6.07) is 0. The van der Waals surface area contributed by atoms with Crippen molar-refractivity contribution in [1.29, 1.82) is 0 Å². The number of esters is 1. The van der Waals surface area contributed by atoms with Crippen molar-refractivity contribution >= 4 is 5.97 Å². The molecule has 0 saturated carbocycles. The topological polar surface area (TPSA) is 196 Å². The number of ether oxygens (including phenoxy) is 4. The van der Waals surface area contributed by atoms with Crippen LogP contribution in [-0.2, 0) is 23.7 Å². The summed E-state index contributed by atoms with van der Waals surface area (Å²) in [5.41, 5.74) is 0. The molecule has 2 heterocycles. The van der Waals surface area contributed by atoms with Gasteiger partial charge in [-0.25, -0.2) is 0 Å². The zero-order valence-corrected chi connectivity index (χ0v) is 25.3. The fourth-order valence-electron chi connectivity index (χ4n) is 5.42. The molecule has 0 aromatic heterocycles. The number of carbonyl (C=O) groups excluding carboxylic acids is 1. The van der Waals surface area contributed by atoms with E-state index in [1.807, 2.05) is 0 Å². The molecule has 2 aliphatic heterocycles. The van der Waals surface area contributed by atoms with Gasteiger partial charge < -0.3 is 54.7 Å². The molecule has 0 aromatic carbocycles. The van der Waals surface area contributed by atoms with Gasteiger partial charge >= 0.3 is 5.97 Å². The molecule has 12 heteroatoms. The molecular weight excluding hydrogens is 552 g/mol. The Kier molecular flexibility index (Phi) is 17.9. The number of aliphatic hydroxyl groups excluding tert-OH is 7. The summed E-state index contributed by atoms with van der Waals surface area (Å²) in [5, 5.41) is 70.4. The molecule has 0 bridgehead atoms. The number of hydrogen-bond acceptors (Lipinski definition) is 12. The number of hydrogen-bond donors (Lipinski definition) is 7. The Morgan fingerprint density at radius 2 is 1.07 bits per heavy atom. The van der Waals surface area contributed by atoms with Gasteiger partial charge in [-0.15, -0.1) is 0 Å². The molecule has 2 saturated heterocycles. The van der Waals surface area contributed by atoms with Gasteiger partial charge in [-0.1, -0.05) is 90.9 Å². The summed E-state index contributed by atoms with van der Waals surface area (Å²) in [6.07, 6.45) is -0.389. The van der Waals surface area contributed by atoms with Crippen molar-refractivity contribution in [1.82, 2.24) is 0 Å². The Balaban J connectivity index is 1.67. The minimum Gasteiger partial charge on any atom is -0.456 e. The van der Waals surface area contributed by atoms with Crippen LogP contribution >= 0.6 is 0 Å². The van der Waals surface area contributed by atoms with Crippen molar-refractivity contribution in [2.75, 3.05) is 13.2 Å². The normalized spacial score (nSPS) is 33.7. The van der Waals surface area contributed by atoms with E-state index in [0.29, 0.717) is 6.42 Å². The minimum absolute atomic E-state index is 0.0929. The van der Waals surface area contributed by atoms with Crippen LogP contribution in [-0.4, -0.2) is 116 Å². The highest BCUT2D eigenvalue weighted by Crippen LogP contribution is 2.29. The average molecular weight is 609 g/mol. The zero-order valence-electron chi connectivity index (χ0n) is 25.3. The summed E-state index contributed by atoms with van der Waals surface area (Å²) >= 11 is 0.